The molecule has 1 aliphatic rings. The molecule has 8 rings (SSSR count). The van der Waals surface area contributed by atoms with Gasteiger partial charge in [0.25, 0.3) is 0 Å². The van der Waals surface area contributed by atoms with Gasteiger partial charge in [0.1, 0.15) is 11.2 Å². The number of aromatic nitrogens is 3. The van der Waals surface area contributed by atoms with E-state index >= 15 is 0 Å². The standard InChI is InChI=1S/C41H35N3O/c1-40(2)23-24-41(3,4)34-25-29(21-22-33(34)40)39-43-37(27-11-6-5-7-12-27)42-38(44-39)28-19-17-26(18-20-28)30-14-10-15-32-31-13-8-9-16-35(31)45-36(30)32/h5-22,25H,23-24H2,1-4H3. The van der Waals surface area contributed by atoms with Crippen LogP contribution in [0.1, 0.15) is 51.7 Å². The molecule has 220 valence electrons. The Bertz CT molecular complexity index is 2210. The van der Waals surface area contributed by atoms with Crippen molar-refractivity contribution in [1.29, 1.82) is 0 Å². The molecule has 0 aliphatic heterocycles. The van der Waals surface area contributed by atoms with Crippen LogP contribution in [-0.4, -0.2) is 15.0 Å². The zero-order chi connectivity index (χ0) is 30.8. The van der Waals surface area contributed by atoms with Gasteiger partial charge in [0, 0.05) is 33.0 Å². The molecule has 0 unspecified atom stereocenters. The first-order valence-corrected chi connectivity index (χ1v) is 15.7. The monoisotopic (exact) mass is 585 g/mol. The van der Waals surface area contributed by atoms with Crippen molar-refractivity contribution in [2.24, 2.45) is 0 Å². The molecule has 0 amide bonds. The summed E-state index contributed by atoms with van der Waals surface area (Å²) in [4.78, 5) is 15.1. The summed E-state index contributed by atoms with van der Waals surface area (Å²) in [5.41, 5.74) is 9.94. The van der Waals surface area contributed by atoms with E-state index in [0.717, 1.165) is 56.2 Å². The lowest BCUT2D eigenvalue weighted by atomic mass is 9.63. The lowest BCUT2D eigenvalue weighted by Gasteiger charge is -2.42. The Labute approximate surface area is 263 Å². The van der Waals surface area contributed by atoms with Crippen molar-refractivity contribution in [3.05, 3.63) is 126 Å². The van der Waals surface area contributed by atoms with E-state index in [9.17, 15) is 0 Å². The van der Waals surface area contributed by atoms with Gasteiger partial charge in [-0.15, -0.1) is 0 Å². The molecule has 0 bridgehead atoms. The number of furan rings is 1. The fraction of sp³-hybridized carbons (Fsp3) is 0.195. The van der Waals surface area contributed by atoms with Crippen molar-refractivity contribution in [3.63, 3.8) is 0 Å². The fourth-order valence-electron chi connectivity index (χ4n) is 6.85. The molecular formula is C41H35N3O. The first kappa shape index (κ1) is 27.5. The highest BCUT2D eigenvalue weighted by Crippen LogP contribution is 2.46. The molecule has 0 spiro atoms. The second-order valence-electron chi connectivity index (χ2n) is 13.6. The molecule has 1 aliphatic carbocycles. The van der Waals surface area contributed by atoms with Crippen LogP contribution >= 0.6 is 0 Å². The first-order chi connectivity index (χ1) is 21.8. The van der Waals surface area contributed by atoms with Gasteiger partial charge in [-0.25, -0.2) is 15.0 Å². The lowest BCUT2D eigenvalue weighted by molar-refractivity contribution is 0.332. The number of benzene rings is 5. The van der Waals surface area contributed by atoms with Crippen molar-refractivity contribution in [3.8, 4) is 45.3 Å². The first-order valence-electron chi connectivity index (χ1n) is 15.7. The van der Waals surface area contributed by atoms with Crippen LogP contribution in [0.2, 0.25) is 0 Å². The van der Waals surface area contributed by atoms with E-state index < -0.39 is 0 Å². The van der Waals surface area contributed by atoms with Crippen LogP contribution in [0.4, 0.5) is 0 Å². The van der Waals surface area contributed by atoms with Gasteiger partial charge in [-0.3, -0.25) is 0 Å². The molecule has 2 aromatic heterocycles. The number of rotatable bonds is 4. The van der Waals surface area contributed by atoms with Crippen LogP contribution in [0.5, 0.6) is 0 Å². The third-order valence-corrected chi connectivity index (χ3v) is 9.64. The van der Waals surface area contributed by atoms with Crippen LogP contribution in [-0.2, 0) is 10.8 Å². The maximum atomic E-state index is 6.32. The van der Waals surface area contributed by atoms with Crippen molar-refractivity contribution in [2.75, 3.05) is 0 Å². The van der Waals surface area contributed by atoms with E-state index in [-0.39, 0.29) is 10.8 Å². The summed E-state index contributed by atoms with van der Waals surface area (Å²) in [6.45, 7) is 9.42. The van der Waals surface area contributed by atoms with Crippen LogP contribution in [0.25, 0.3) is 67.2 Å². The van der Waals surface area contributed by atoms with Crippen molar-refractivity contribution in [2.45, 2.75) is 51.4 Å². The minimum atomic E-state index is 0.0948. The van der Waals surface area contributed by atoms with Gasteiger partial charge in [0.2, 0.25) is 0 Å². The average molecular weight is 586 g/mol. The predicted octanol–water partition coefficient (Wildman–Crippen LogP) is 10.8. The molecule has 0 radical (unpaired) electrons. The van der Waals surface area contributed by atoms with E-state index in [0.29, 0.717) is 17.5 Å². The maximum absolute atomic E-state index is 6.32. The highest BCUT2D eigenvalue weighted by atomic mass is 16.3. The average Bonchev–Trinajstić information content (AvgIpc) is 3.46. The Kier molecular flexibility index (Phi) is 6.25. The fourth-order valence-corrected chi connectivity index (χ4v) is 6.85. The molecule has 7 aromatic rings. The van der Waals surface area contributed by atoms with Crippen molar-refractivity contribution in [1.82, 2.24) is 15.0 Å². The van der Waals surface area contributed by atoms with Gasteiger partial charge in [0.15, 0.2) is 17.5 Å². The molecule has 4 heteroatoms. The molecule has 4 nitrogen and oxygen atoms in total. The quantitative estimate of drug-likeness (QED) is 0.206. The van der Waals surface area contributed by atoms with E-state index in [2.05, 4.69) is 113 Å². The molecule has 0 fully saturated rings. The van der Waals surface area contributed by atoms with Gasteiger partial charge in [-0.2, -0.15) is 0 Å². The van der Waals surface area contributed by atoms with Gasteiger partial charge < -0.3 is 4.42 Å². The molecule has 2 heterocycles. The summed E-state index contributed by atoms with van der Waals surface area (Å²) in [6, 6.07) is 40.0. The Morgan fingerprint density at radius 3 is 1.78 bits per heavy atom. The minimum Gasteiger partial charge on any atom is -0.455 e. The van der Waals surface area contributed by atoms with Gasteiger partial charge in [-0.1, -0.05) is 131 Å². The molecule has 0 atom stereocenters. The summed E-state index contributed by atoms with van der Waals surface area (Å²) >= 11 is 0. The summed E-state index contributed by atoms with van der Waals surface area (Å²) < 4.78 is 6.32. The Balaban J connectivity index is 1.24. The van der Waals surface area contributed by atoms with Gasteiger partial charge in [0.05, 0.1) is 0 Å². The van der Waals surface area contributed by atoms with Crippen molar-refractivity contribution >= 4 is 21.9 Å². The molecule has 0 N–H and O–H groups in total. The van der Waals surface area contributed by atoms with Gasteiger partial charge >= 0.3 is 0 Å². The van der Waals surface area contributed by atoms with Gasteiger partial charge in [-0.05, 0) is 52.5 Å². The number of para-hydroxylation sites is 2. The summed E-state index contributed by atoms with van der Waals surface area (Å²) in [6.07, 6.45) is 2.34. The number of fused-ring (bicyclic) bond motifs is 4. The van der Waals surface area contributed by atoms with E-state index in [1.165, 1.54) is 17.5 Å². The third kappa shape index (κ3) is 4.73. The van der Waals surface area contributed by atoms with Crippen LogP contribution in [0, 0.1) is 0 Å². The normalized spacial score (nSPS) is 15.3. The highest BCUT2D eigenvalue weighted by molar-refractivity contribution is 6.09. The largest absolute Gasteiger partial charge is 0.455 e. The molecule has 45 heavy (non-hydrogen) atoms. The number of hydrogen-bond donors (Lipinski definition) is 0. The molecule has 5 aromatic carbocycles. The third-order valence-electron chi connectivity index (χ3n) is 9.64. The summed E-state index contributed by atoms with van der Waals surface area (Å²) in [7, 11) is 0. The second-order valence-corrected chi connectivity index (χ2v) is 13.6. The van der Waals surface area contributed by atoms with E-state index in [1.807, 2.05) is 30.3 Å². The van der Waals surface area contributed by atoms with Crippen LogP contribution < -0.4 is 0 Å². The SMILES string of the molecule is CC1(C)CCC(C)(C)c2cc(-c3nc(-c4ccccc4)nc(-c4ccc(-c5cccc6c5oc5ccccc56)cc4)n3)ccc21. The molecular weight excluding hydrogens is 550 g/mol. The maximum Gasteiger partial charge on any atom is 0.164 e. The van der Waals surface area contributed by atoms with E-state index in [1.54, 1.807) is 0 Å². The Hall–Kier alpha value is -5.09. The zero-order valence-corrected chi connectivity index (χ0v) is 26.1. The number of nitrogens with zero attached hydrogens (tertiary/aromatic N) is 3. The number of hydrogen-bond acceptors (Lipinski definition) is 4. The molecule has 0 saturated heterocycles. The van der Waals surface area contributed by atoms with Crippen LogP contribution in [0.15, 0.2) is 120 Å². The smallest absolute Gasteiger partial charge is 0.164 e. The Morgan fingerprint density at radius 1 is 0.489 bits per heavy atom. The van der Waals surface area contributed by atoms with Crippen molar-refractivity contribution < 1.29 is 4.42 Å². The lowest BCUT2D eigenvalue weighted by Crippen LogP contribution is -2.33. The zero-order valence-electron chi connectivity index (χ0n) is 26.1. The predicted molar refractivity (Wildman–Crippen MR) is 184 cm³/mol. The molecule has 0 saturated carbocycles. The minimum absolute atomic E-state index is 0.0948. The summed E-state index contributed by atoms with van der Waals surface area (Å²) in [5.74, 6) is 2.02. The Morgan fingerprint density at radius 2 is 1.04 bits per heavy atom. The van der Waals surface area contributed by atoms with Crippen LogP contribution in [0.3, 0.4) is 0 Å². The topological polar surface area (TPSA) is 51.8 Å². The second kappa shape index (κ2) is 10.2. The highest BCUT2D eigenvalue weighted by Gasteiger charge is 2.37. The summed E-state index contributed by atoms with van der Waals surface area (Å²) in [5, 5.41) is 2.25. The van der Waals surface area contributed by atoms with E-state index in [4.69, 9.17) is 19.4 Å².